The van der Waals surface area contributed by atoms with E-state index in [-0.39, 0.29) is 11.4 Å². The summed E-state index contributed by atoms with van der Waals surface area (Å²) in [5.41, 5.74) is 3.83. The Morgan fingerprint density at radius 2 is 1.95 bits per heavy atom. The summed E-state index contributed by atoms with van der Waals surface area (Å²) in [6.07, 6.45) is 0.459. The topological polar surface area (TPSA) is 68.3 Å². The van der Waals surface area contributed by atoms with Crippen LogP contribution in [0.1, 0.15) is 16.8 Å². The van der Waals surface area contributed by atoms with Gasteiger partial charge in [-0.25, -0.2) is 0 Å². The van der Waals surface area contributed by atoms with Crippen molar-refractivity contribution in [2.75, 3.05) is 0 Å². The quantitative estimate of drug-likeness (QED) is 0.592. The largest absolute Gasteiger partial charge is 0.508 e. The molecule has 1 aromatic heterocycles. The number of hydrogen-bond donors (Lipinski definition) is 1. The van der Waals surface area contributed by atoms with Gasteiger partial charge < -0.3 is 9.67 Å². The number of phenolic OH excluding ortho intramolecular Hbond substituents is 1. The van der Waals surface area contributed by atoms with Crippen LogP contribution in [0.5, 0.6) is 5.75 Å². The van der Waals surface area contributed by atoms with E-state index in [0.717, 1.165) is 22.2 Å². The number of aromatic hydroxyl groups is 1. The smallest absolute Gasteiger partial charge is 0.269 e. The highest BCUT2D eigenvalue weighted by atomic mass is 16.6. The molecular formula is C17H16N2O3. The third-order valence-corrected chi connectivity index (χ3v) is 4.17. The van der Waals surface area contributed by atoms with Crippen LogP contribution in [0.25, 0.3) is 10.9 Å². The second kappa shape index (κ2) is 5.18. The second-order valence-corrected chi connectivity index (χ2v) is 5.39. The van der Waals surface area contributed by atoms with E-state index in [0.29, 0.717) is 12.0 Å². The molecule has 0 fully saturated rings. The van der Waals surface area contributed by atoms with Gasteiger partial charge in [-0.05, 0) is 24.6 Å². The first-order valence-corrected chi connectivity index (χ1v) is 6.98. The van der Waals surface area contributed by atoms with Gasteiger partial charge in [-0.2, -0.15) is 0 Å². The summed E-state index contributed by atoms with van der Waals surface area (Å²) < 4.78 is 2.10. The summed E-state index contributed by atoms with van der Waals surface area (Å²) >= 11 is 0. The molecule has 0 amide bonds. The highest BCUT2D eigenvalue weighted by Crippen LogP contribution is 2.31. The lowest BCUT2D eigenvalue weighted by Crippen LogP contribution is -1.96. The van der Waals surface area contributed by atoms with Crippen molar-refractivity contribution in [1.29, 1.82) is 0 Å². The molecule has 0 saturated heterocycles. The van der Waals surface area contributed by atoms with Crippen molar-refractivity contribution in [3.05, 3.63) is 69.4 Å². The van der Waals surface area contributed by atoms with Crippen LogP contribution in [-0.2, 0) is 13.5 Å². The maximum absolute atomic E-state index is 10.9. The molecule has 0 saturated carbocycles. The van der Waals surface area contributed by atoms with Crippen molar-refractivity contribution in [3.63, 3.8) is 0 Å². The van der Waals surface area contributed by atoms with E-state index >= 15 is 0 Å². The van der Waals surface area contributed by atoms with Crippen LogP contribution in [0.4, 0.5) is 5.69 Å². The average molecular weight is 296 g/mol. The van der Waals surface area contributed by atoms with Crippen molar-refractivity contribution in [2.45, 2.75) is 13.3 Å². The zero-order valence-electron chi connectivity index (χ0n) is 12.4. The van der Waals surface area contributed by atoms with E-state index < -0.39 is 4.92 Å². The van der Waals surface area contributed by atoms with Crippen LogP contribution in [0.3, 0.4) is 0 Å². The number of para-hydroxylation sites is 1. The third kappa shape index (κ3) is 2.20. The molecule has 0 radical (unpaired) electrons. The molecule has 22 heavy (non-hydrogen) atoms. The van der Waals surface area contributed by atoms with Crippen LogP contribution in [-0.4, -0.2) is 14.6 Å². The van der Waals surface area contributed by atoms with Gasteiger partial charge in [0.15, 0.2) is 0 Å². The fourth-order valence-electron chi connectivity index (χ4n) is 2.84. The fourth-order valence-corrected chi connectivity index (χ4v) is 2.84. The van der Waals surface area contributed by atoms with Gasteiger partial charge in [-0.15, -0.1) is 0 Å². The van der Waals surface area contributed by atoms with Gasteiger partial charge in [-0.3, -0.25) is 10.1 Å². The summed E-state index contributed by atoms with van der Waals surface area (Å²) in [6.45, 7) is 2.02. The van der Waals surface area contributed by atoms with Crippen LogP contribution in [0.2, 0.25) is 0 Å². The van der Waals surface area contributed by atoms with Gasteiger partial charge in [0.05, 0.1) is 4.92 Å². The summed E-state index contributed by atoms with van der Waals surface area (Å²) in [4.78, 5) is 10.5. The number of phenols is 1. The number of non-ortho nitro benzene ring substituents is 1. The minimum atomic E-state index is -0.446. The molecule has 3 rings (SSSR count). The Hall–Kier alpha value is -2.82. The summed E-state index contributed by atoms with van der Waals surface area (Å²) in [7, 11) is 1.99. The monoisotopic (exact) mass is 296 g/mol. The van der Waals surface area contributed by atoms with Crippen molar-refractivity contribution in [1.82, 2.24) is 4.57 Å². The van der Waals surface area contributed by atoms with Gasteiger partial charge in [0.25, 0.3) is 5.69 Å². The Kier molecular flexibility index (Phi) is 3.33. The van der Waals surface area contributed by atoms with Crippen molar-refractivity contribution in [2.24, 2.45) is 7.05 Å². The van der Waals surface area contributed by atoms with Crippen molar-refractivity contribution in [3.8, 4) is 5.75 Å². The predicted octanol–water partition coefficient (Wildman–Crippen LogP) is 3.69. The Labute approximate surface area is 127 Å². The number of nitro benzene ring substituents is 1. The molecule has 0 aliphatic heterocycles. The normalized spacial score (nSPS) is 11.0. The Bertz CT molecular complexity index is 881. The standard InChI is InChI=1S/C17H16N2O3/c1-11-15(14-5-3-4-6-16(14)18(11)2)10-12-9-13(19(21)22)7-8-17(12)20/h3-9,20H,10H2,1-2H3. The molecule has 112 valence electrons. The lowest BCUT2D eigenvalue weighted by atomic mass is 10.0. The summed E-state index contributed by atoms with van der Waals surface area (Å²) in [5, 5.41) is 22.0. The first-order valence-electron chi connectivity index (χ1n) is 6.98. The zero-order valence-corrected chi connectivity index (χ0v) is 12.4. The fraction of sp³-hybridized carbons (Fsp3) is 0.176. The van der Waals surface area contributed by atoms with E-state index in [1.807, 2.05) is 38.2 Å². The molecule has 5 nitrogen and oxygen atoms in total. The molecule has 0 bridgehead atoms. The van der Waals surface area contributed by atoms with Crippen molar-refractivity contribution >= 4 is 16.6 Å². The Balaban J connectivity index is 2.13. The Morgan fingerprint density at radius 3 is 2.68 bits per heavy atom. The third-order valence-electron chi connectivity index (χ3n) is 4.17. The molecule has 0 atom stereocenters. The van der Waals surface area contributed by atoms with Gasteiger partial charge in [-0.1, -0.05) is 18.2 Å². The minimum absolute atomic E-state index is 0.00862. The highest BCUT2D eigenvalue weighted by Gasteiger charge is 2.16. The maximum Gasteiger partial charge on any atom is 0.269 e. The van der Waals surface area contributed by atoms with Gasteiger partial charge in [0.2, 0.25) is 0 Å². The van der Waals surface area contributed by atoms with Crippen LogP contribution in [0, 0.1) is 17.0 Å². The van der Waals surface area contributed by atoms with E-state index in [2.05, 4.69) is 4.57 Å². The van der Waals surface area contributed by atoms with E-state index in [9.17, 15) is 15.2 Å². The first-order chi connectivity index (χ1) is 10.5. The lowest BCUT2D eigenvalue weighted by Gasteiger charge is -2.06. The molecule has 0 aliphatic rings. The first kappa shape index (κ1) is 14.1. The molecular weight excluding hydrogens is 280 g/mol. The lowest BCUT2D eigenvalue weighted by molar-refractivity contribution is -0.384. The number of fused-ring (bicyclic) bond motifs is 1. The predicted molar refractivity (Wildman–Crippen MR) is 85.2 cm³/mol. The molecule has 0 aliphatic carbocycles. The van der Waals surface area contributed by atoms with Crippen LogP contribution >= 0.6 is 0 Å². The van der Waals surface area contributed by atoms with E-state index in [4.69, 9.17) is 0 Å². The number of rotatable bonds is 3. The molecule has 3 aromatic rings. The molecule has 0 spiro atoms. The van der Waals surface area contributed by atoms with Gasteiger partial charge in [0.1, 0.15) is 5.75 Å². The van der Waals surface area contributed by atoms with E-state index in [1.165, 1.54) is 18.2 Å². The SMILES string of the molecule is Cc1c(Cc2cc([N+](=O)[O-])ccc2O)c2ccccc2n1C. The van der Waals surface area contributed by atoms with Crippen LogP contribution < -0.4 is 0 Å². The maximum atomic E-state index is 10.9. The van der Waals surface area contributed by atoms with Gasteiger partial charge in [0, 0.05) is 47.8 Å². The Morgan fingerprint density at radius 1 is 1.23 bits per heavy atom. The minimum Gasteiger partial charge on any atom is -0.508 e. The highest BCUT2D eigenvalue weighted by molar-refractivity contribution is 5.85. The molecule has 1 N–H and O–H groups in total. The number of aromatic nitrogens is 1. The molecule has 2 aromatic carbocycles. The average Bonchev–Trinajstić information content (AvgIpc) is 2.74. The number of hydrogen-bond acceptors (Lipinski definition) is 3. The molecule has 5 heteroatoms. The number of nitrogens with zero attached hydrogens (tertiary/aromatic N) is 2. The van der Waals surface area contributed by atoms with Crippen molar-refractivity contribution < 1.29 is 10.0 Å². The number of benzene rings is 2. The number of aryl methyl sites for hydroxylation is 1. The summed E-state index contributed by atoms with van der Waals surface area (Å²) in [6, 6.07) is 12.2. The second-order valence-electron chi connectivity index (χ2n) is 5.39. The summed E-state index contributed by atoms with van der Waals surface area (Å²) in [5.74, 6) is 0.0814. The van der Waals surface area contributed by atoms with Crippen LogP contribution in [0.15, 0.2) is 42.5 Å². The number of nitro groups is 1. The molecule has 0 unspecified atom stereocenters. The molecule has 1 heterocycles. The zero-order chi connectivity index (χ0) is 15.9. The van der Waals surface area contributed by atoms with E-state index in [1.54, 1.807) is 0 Å². The van der Waals surface area contributed by atoms with Gasteiger partial charge >= 0.3 is 0 Å².